The van der Waals surface area contributed by atoms with E-state index in [4.69, 9.17) is 23.2 Å². The summed E-state index contributed by atoms with van der Waals surface area (Å²) in [6.07, 6.45) is 0. The summed E-state index contributed by atoms with van der Waals surface area (Å²) >= 11 is 11.9. The largest absolute Gasteiger partial charge is 0.469 e. The highest BCUT2D eigenvalue weighted by Crippen LogP contribution is 2.33. The third kappa shape index (κ3) is 3.36. The predicted octanol–water partition coefficient (Wildman–Crippen LogP) is 5.08. The number of hydrogen-bond donors (Lipinski definition) is 0. The Kier molecular flexibility index (Phi) is 4.86. The van der Waals surface area contributed by atoms with Crippen LogP contribution in [0.5, 0.6) is 0 Å². The first-order valence-corrected chi connectivity index (χ1v) is 7.02. The van der Waals surface area contributed by atoms with E-state index in [1.165, 1.54) is 13.2 Å². The molecule has 0 spiro atoms. The molecule has 110 valence electrons. The highest BCUT2D eigenvalue weighted by molar-refractivity contribution is 6.36. The van der Waals surface area contributed by atoms with Crippen LogP contribution < -0.4 is 0 Å². The summed E-state index contributed by atoms with van der Waals surface area (Å²) < 4.78 is 19.0. The maximum absolute atomic E-state index is 14.3. The first-order chi connectivity index (χ1) is 9.93. The van der Waals surface area contributed by atoms with Crippen molar-refractivity contribution in [2.24, 2.45) is 0 Å². The summed E-state index contributed by atoms with van der Waals surface area (Å²) in [5, 5.41) is 0.857. The summed E-state index contributed by atoms with van der Waals surface area (Å²) in [6, 6.07) is 9.47. The summed E-state index contributed by atoms with van der Waals surface area (Å²) in [4.78, 5) is 11.5. The van der Waals surface area contributed by atoms with Crippen LogP contribution in [-0.4, -0.2) is 13.1 Å². The molecule has 0 aliphatic heterocycles. The Balaban J connectivity index is 2.42. The lowest BCUT2D eigenvalue weighted by molar-refractivity contribution is -0.141. The molecule has 2 rings (SSSR count). The summed E-state index contributed by atoms with van der Waals surface area (Å²) in [5.74, 6) is -1.39. The van der Waals surface area contributed by atoms with Crippen LogP contribution in [0.25, 0.3) is 11.1 Å². The van der Waals surface area contributed by atoms with Crippen molar-refractivity contribution in [1.82, 2.24) is 0 Å². The van der Waals surface area contributed by atoms with Gasteiger partial charge in [-0.2, -0.15) is 0 Å². The molecular weight excluding hydrogens is 314 g/mol. The fraction of sp³-hybridized carbons (Fsp3) is 0.188. The Morgan fingerprint density at radius 2 is 1.81 bits per heavy atom. The van der Waals surface area contributed by atoms with Gasteiger partial charge in [0.15, 0.2) is 0 Å². The Labute approximate surface area is 132 Å². The lowest BCUT2D eigenvalue weighted by Gasteiger charge is -2.12. The summed E-state index contributed by atoms with van der Waals surface area (Å²) in [6.45, 7) is 1.66. The zero-order valence-corrected chi connectivity index (χ0v) is 13.0. The third-order valence-corrected chi connectivity index (χ3v) is 3.82. The number of carbonyl (C=O) groups excluding carboxylic acids is 1. The molecule has 0 radical (unpaired) electrons. The normalized spacial score (nSPS) is 12.0. The van der Waals surface area contributed by atoms with E-state index in [1.807, 2.05) is 0 Å². The fourth-order valence-corrected chi connectivity index (χ4v) is 2.55. The molecule has 1 atom stereocenters. The lowest BCUT2D eigenvalue weighted by atomic mass is 9.97. The zero-order chi connectivity index (χ0) is 15.6. The number of methoxy groups -OCH3 is 1. The van der Waals surface area contributed by atoms with E-state index in [-0.39, 0.29) is 0 Å². The highest BCUT2D eigenvalue weighted by Gasteiger charge is 2.18. The average molecular weight is 327 g/mol. The molecule has 0 bridgehead atoms. The van der Waals surface area contributed by atoms with Crippen molar-refractivity contribution in [2.45, 2.75) is 12.8 Å². The quantitative estimate of drug-likeness (QED) is 0.735. The van der Waals surface area contributed by atoms with Crippen molar-refractivity contribution in [2.75, 3.05) is 7.11 Å². The van der Waals surface area contributed by atoms with Crippen LogP contribution in [0.4, 0.5) is 4.39 Å². The molecule has 2 aromatic carbocycles. The number of esters is 1. The maximum Gasteiger partial charge on any atom is 0.312 e. The van der Waals surface area contributed by atoms with Gasteiger partial charge in [0.05, 0.1) is 13.0 Å². The van der Waals surface area contributed by atoms with Crippen molar-refractivity contribution < 1.29 is 13.9 Å². The average Bonchev–Trinajstić information content (AvgIpc) is 2.46. The number of rotatable bonds is 3. The standard InChI is InChI=1S/C16H13Cl2FO2/c1-9(16(20)21-2)10-3-5-13(15(19)7-10)12-6-4-11(17)8-14(12)18/h3-9H,1-2H3. The fourth-order valence-electron chi connectivity index (χ4n) is 2.04. The van der Waals surface area contributed by atoms with Crippen LogP contribution in [-0.2, 0) is 9.53 Å². The van der Waals surface area contributed by atoms with E-state index in [0.717, 1.165) is 0 Å². The topological polar surface area (TPSA) is 26.3 Å². The molecular formula is C16H13Cl2FO2. The minimum atomic E-state index is -0.528. The van der Waals surface area contributed by atoms with Crippen molar-refractivity contribution in [3.8, 4) is 11.1 Å². The number of halogens is 3. The Hall–Kier alpha value is -1.58. The van der Waals surface area contributed by atoms with Gasteiger partial charge in [0.1, 0.15) is 5.82 Å². The number of ether oxygens (including phenoxy) is 1. The third-order valence-electron chi connectivity index (χ3n) is 3.27. The van der Waals surface area contributed by atoms with Gasteiger partial charge in [0.25, 0.3) is 0 Å². The molecule has 0 saturated carbocycles. The second-order valence-corrected chi connectivity index (χ2v) is 5.45. The van der Waals surface area contributed by atoms with E-state index in [9.17, 15) is 9.18 Å². The molecule has 1 unspecified atom stereocenters. The van der Waals surface area contributed by atoms with Crippen molar-refractivity contribution in [3.05, 3.63) is 57.8 Å². The molecule has 2 aromatic rings. The van der Waals surface area contributed by atoms with E-state index < -0.39 is 17.7 Å². The van der Waals surface area contributed by atoms with E-state index >= 15 is 0 Å². The maximum atomic E-state index is 14.3. The lowest BCUT2D eigenvalue weighted by Crippen LogP contribution is -2.11. The monoisotopic (exact) mass is 326 g/mol. The molecule has 0 fully saturated rings. The highest BCUT2D eigenvalue weighted by atomic mass is 35.5. The Bertz CT molecular complexity index is 686. The Morgan fingerprint density at radius 1 is 1.14 bits per heavy atom. The predicted molar refractivity (Wildman–Crippen MR) is 82.3 cm³/mol. The molecule has 2 nitrogen and oxygen atoms in total. The number of carbonyl (C=O) groups is 1. The minimum Gasteiger partial charge on any atom is -0.469 e. The first-order valence-electron chi connectivity index (χ1n) is 6.26. The van der Waals surface area contributed by atoms with Gasteiger partial charge in [-0.15, -0.1) is 0 Å². The van der Waals surface area contributed by atoms with Gasteiger partial charge < -0.3 is 4.74 Å². The van der Waals surface area contributed by atoms with Crippen LogP contribution in [0.2, 0.25) is 10.0 Å². The minimum absolute atomic E-state index is 0.359. The summed E-state index contributed by atoms with van der Waals surface area (Å²) in [5.41, 5.74) is 1.46. The first kappa shape index (κ1) is 15.8. The summed E-state index contributed by atoms with van der Waals surface area (Å²) in [7, 11) is 1.30. The van der Waals surface area contributed by atoms with Gasteiger partial charge >= 0.3 is 5.97 Å². The molecule has 0 amide bonds. The van der Waals surface area contributed by atoms with Gasteiger partial charge in [-0.25, -0.2) is 4.39 Å². The molecule has 0 N–H and O–H groups in total. The molecule has 5 heteroatoms. The second kappa shape index (κ2) is 6.46. The molecule has 0 aliphatic rings. The van der Waals surface area contributed by atoms with Crippen molar-refractivity contribution in [3.63, 3.8) is 0 Å². The van der Waals surface area contributed by atoms with Crippen LogP contribution >= 0.6 is 23.2 Å². The number of hydrogen-bond acceptors (Lipinski definition) is 2. The smallest absolute Gasteiger partial charge is 0.312 e. The number of benzene rings is 2. The van der Waals surface area contributed by atoms with E-state index in [1.54, 1.807) is 37.3 Å². The Morgan fingerprint density at radius 3 is 2.38 bits per heavy atom. The molecule has 0 heterocycles. The van der Waals surface area contributed by atoms with Crippen molar-refractivity contribution >= 4 is 29.2 Å². The van der Waals surface area contributed by atoms with Gasteiger partial charge in [-0.3, -0.25) is 4.79 Å². The van der Waals surface area contributed by atoms with Gasteiger partial charge in [0, 0.05) is 21.2 Å². The second-order valence-electron chi connectivity index (χ2n) is 4.61. The van der Waals surface area contributed by atoms with E-state index in [0.29, 0.717) is 26.7 Å². The van der Waals surface area contributed by atoms with Gasteiger partial charge in [-0.05, 0) is 30.7 Å². The molecule has 21 heavy (non-hydrogen) atoms. The van der Waals surface area contributed by atoms with Crippen LogP contribution in [0.15, 0.2) is 36.4 Å². The SMILES string of the molecule is COC(=O)C(C)c1ccc(-c2ccc(Cl)cc2Cl)c(F)c1. The van der Waals surface area contributed by atoms with Gasteiger partial charge in [-0.1, -0.05) is 41.4 Å². The van der Waals surface area contributed by atoms with E-state index in [2.05, 4.69) is 4.74 Å². The molecule has 0 saturated heterocycles. The zero-order valence-electron chi connectivity index (χ0n) is 11.5. The van der Waals surface area contributed by atoms with Crippen LogP contribution in [0.3, 0.4) is 0 Å². The van der Waals surface area contributed by atoms with Crippen molar-refractivity contribution in [1.29, 1.82) is 0 Å². The molecule has 0 aliphatic carbocycles. The van der Waals surface area contributed by atoms with Gasteiger partial charge in [0.2, 0.25) is 0 Å². The van der Waals surface area contributed by atoms with Crippen LogP contribution in [0.1, 0.15) is 18.4 Å². The molecule has 0 aromatic heterocycles. The van der Waals surface area contributed by atoms with Crippen LogP contribution in [0, 0.1) is 5.82 Å².